The van der Waals surface area contributed by atoms with Gasteiger partial charge in [0, 0.05) is 23.2 Å². The van der Waals surface area contributed by atoms with Crippen molar-refractivity contribution >= 4 is 21.2 Å². The lowest BCUT2D eigenvalue weighted by atomic mass is 10.1. The van der Waals surface area contributed by atoms with Crippen LogP contribution in [0.1, 0.15) is 30.7 Å². The summed E-state index contributed by atoms with van der Waals surface area (Å²) in [5.41, 5.74) is 8.31. The van der Waals surface area contributed by atoms with Crippen molar-refractivity contribution < 1.29 is 17.9 Å². The van der Waals surface area contributed by atoms with Gasteiger partial charge in [0.2, 0.25) is 0 Å². The van der Waals surface area contributed by atoms with Gasteiger partial charge in [-0.2, -0.15) is 5.10 Å². The minimum absolute atomic E-state index is 0.00782. The van der Waals surface area contributed by atoms with Crippen LogP contribution in [-0.4, -0.2) is 29.6 Å². The van der Waals surface area contributed by atoms with E-state index in [1.54, 1.807) is 54.9 Å². The van der Waals surface area contributed by atoms with Gasteiger partial charge in [-0.15, -0.1) is 11.3 Å². The van der Waals surface area contributed by atoms with Crippen molar-refractivity contribution in [2.45, 2.75) is 37.8 Å². The van der Waals surface area contributed by atoms with Crippen LogP contribution in [0.2, 0.25) is 0 Å². The maximum Gasteiger partial charge on any atom is 0.175 e. The molecule has 0 saturated heterocycles. The quantitative estimate of drug-likeness (QED) is 0.397. The highest BCUT2D eigenvalue weighted by Crippen LogP contribution is 2.40. The van der Waals surface area contributed by atoms with Crippen LogP contribution in [0.25, 0.3) is 26.7 Å². The molecule has 2 aromatic heterocycles. The maximum atomic E-state index is 14.5. The van der Waals surface area contributed by atoms with Crippen LogP contribution in [0.4, 0.5) is 4.39 Å². The van der Waals surface area contributed by atoms with E-state index in [-0.39, 0.29) is 11.4 Å². The van der Waals surface area contributed by atoms with E-state index in [9.17, 15) is 17.9 Å². The minimum Gasteiger partial charge on any atom is -0.384 e. The third-order valence-corrected chi connectivity index (χ3v) is 7.98. The second kappa shape index (κ2) is 8.74. The van der Waals surface area contributed by atoms with Crippen LogP contribution in [0.3, 0.4) is 0 Å². The Morgan fingerprint density at radius 2 is 1.85 bits per heavy atom. The van der Waals surface area contributed by atoms with Gasteiger partial charge >= 0.3 is 0 Å². The fourth-order valence-electron chi connectivity index (χ4n) is 3.73. The lowest BCUT2D eigenvalue weighted by Gasteiger charge is -2.14. The lowest BCUT2D eigenvalue weighted by Crippen LogP contribution is -2.17. The van der Waals surface area contributed by atoms with Gasteiger partial charge in [-0.3, -0.25) is 0 Å². The van der Waals surface area contributed by atoms with E-state index in [2.05, 4.69) is 5.10 Å². The number of sulfone groups is 1. The Morgan fingerprint density at radius 3 is 2.50 bits per heavy atom. The molecule has 4 aromatic rings. The number of hydrogen-bond acceptors (Lipinski definition) is 6. The van der Waals surface area contributed by atoms with E-state index in [1.165, 1.54) is 23.7 Å². The van der Waals surface area contributed by atoms with Gasteiger partial charge in [-0.1, -0.05) is 18.2 Å². The van der Waals surface area contributed by atoms with Crippen LogP contribution in [-0.2, 0) is 22.0 Å². The summed E-state index contributed by atoms with van der Waals surface area (Å²) in [7, 11) is -3.34. The Morgan fingerprint density at radius 1 is 1.15 bits per heavy atom. The number of benzene rings is 2. The molecule has 34 heavy (non-hydrogen) atoms. The normalized spacial score (nSPS) is 12.3. The average Bonchev–Trinajstić information content (AvgIpc) is 3.36. The molecule has 0 fully saturated rings. The van der Waals surface area contributed by atoms with Gasteiger partial charge < -0.3 is 10.8 Å². The Kier molecular flexibility index (Phi) is 6.24. The van der Waals surface area contributed by atoms with E-state index < -0.39 is 21.3 Å². The van der Waals surface area contributed by atoms with Crippen LogP contribution < -0.4 is 5.73 Å². The summed E-state index contributed by atoms with van der Waals surface area (Å²) < 4.78 is 40.2. The number of nitrogens with two attached hydrogens (primary N) is 1. The first kappa shape index (κ1) is 24.3. The zero-order valence-corrected chi connectivity index (χ0v) is 21.0. The number of rotatable bonds is 6. The smallest absolute Gasteiger partial charge is 0.175 e. The van der Waals surface area contributed by atoms with Gasteiger partial charge in [0.1, 0.15) is 11.4 Å². The molecule has 4 rings (SSSR count). The summed E-state index contributed by atoms with van der Waals surface area (Å²) in [5.74, 6) is -0.424. The Balaban J connectivity index is 1.92. The van der Waals surface area contributed by atoms with Crippen molar-refractivity contribution in [2.75, 3.05) is 6.26 Å². The molecule has 0 bridgehead atoms. The monoisotopic (exact) mass is 499 g/mol. The van der Waals surface area contributed by atoms with E-state index in [1.807, 2.05) is 19.1 Å². The standard InChI is InChI=1S/C25H26FN3O3S2/c1-15-11-22(16-7-5-8-17(12-16)34(4,31)32)33-24(15)21-13-23(25(2,3)30)28-29(21)20-10-6-9-19(26)18(20)14-27/h5-13,30H,14,27H2,1-4H3. The van der Waals surface area contributed by atoms with Gasteiger partial charge in [0.05, 0.1) is 26.8 Å². The molecule has 9 heteroatoms. The molecular formula is C25H26FN3O3S2. The summed E-state index contributed by atoms with van der Waals surface area (Å²) in [6.07, 6.45) is 1.18. The molecule has 0 amide bonds. The van der Waals surface area contributed by atoms with Crippen molar-refractivity contribution in [2.24, 2.45) is 5.73 Å². The molecule has 2 heterocycles. The lowest BCUT2D eigenvalue weighted by molar-refractivity contribution is 0.0734. The molecule has 0 aliphatic rings. The first-order chi connectivity index (χ1) is 15.9. The number of aryl methyl sites for hydroxylation is 1. The first-order valence-electron chi connectivity index (χ1n) is 10.6. The summed E-state index contributed by atoms with van der Waals surface area (Å²) in [4.78, 5) is 2.00. The molecule has 0 saturated carbocycles. The number of thiophene rings is 1. The maximum absolute atomic E-state index is 14.5. The number of aliphatic hydroxyl groups is 1. The topological polar surface area (TPSA) is 98.2 Å². The third-order valence-electron chi connectivity index (χ3n) is 5.56. The predicted octanol–water partition coefficient (Wildman–Crippen LogP) is 4.80. The second-order valence-corrected chi connectivity index (χ2v) is 11.8. The molecule has 0 atom stereocenters. The first-order valence-corrected chi connectivity index (χ1v) is 13.3. The summed E-state index contributed by atoms with van der Waals surface area (Å²) in [6, 6.07) is 15.3. The van der Waals surface area contributed by atoms with E-state index >= 15 is 0 Å². The van der Waals surface area contributed by atoms with Crippen LogP contribution in [0.15, 0.2) is 59.5 Å². The van der Waals surface area contributed by atoms with Gasteiger partial charge in [-0.25, -0.2) is 17.5 Å². The largest absolute Gasteiger partial charge is 0.384 e. The van der Waals surface area contributed by atoms with Crippen molar-refractivity contribution in [1.82, 2.24) is 9.78 Å². The highest BCUT2D eigenvalue weighted by molar-refractivity contribution is 7.90. The number of hydrogen-bond donors (Lipinski definition) is 2. The minimum atomic E-state index is -3.34. The molecule has 0 aliphatic heterocycles. The molecular weight excluding hydrogens is 473 g/mol. The molecule has 0 aliphatic carbocycles. The number of halogens is 1. The van der Waals surface area contributed by atoms with Crippen molar-refractivity contribution in [3.05, 3.63) is 77.2 Å². The highest BCUT2D eigenvalue weighted by atomic mass is 32.2. The average molecular weight is 500 g/mol. The van der Waals surface area contributed by atoms with Crippen LogP contribution >= 0.6 is 11.3 Å². The Hall–Kier alpha value is -2.85. The van der Waals surface area contributed by atoms with Crippen molar-refractivity contribution in [3.63, 3.8) is 0 Å². The summed E-state index contributed by atoms with van der Waals surface area (Å²) in [5, 5.41) is 15.3. The number of aromatic nitrogens is 2. The Labute approximate surface area is 202 Å². The molecule has 0 radical (unpaired) electrons. The molecule has 0 unspecified atom stereocenters. The Bertz CT molecular complexity index is 1480. The van der Waals surface area contributed by atoms with Gasteiger partial charge in [-0.05, 0) is 68.3 Å². The summed E-state index contributed by atoms with van der Waals surface area (Å²) in [6.45, 7) is 5.23. The fourth-order valence-corrected chi connectivity index (χ4v) is 5.57. The van der Waals surface area contributed by atoms with Crippen LogP contribution in [0.5, 0.6) is 0 Å². The summed E-state index contributed by atoms with van der Waals surface area (Å²) >= 11 is 1.47. The molecule has 0 spiro atoms. The van der Waals surface area contributed by atoms with E-state index in [4.69, 9.17) is 5.73 Å². The zero-order chi connectivity index (χ0) is 24.8. The highest BCUT2D eigenvalue weighted by Gasteiger charge is 2.26. The SMILES string of the molecule is Cc1cc(-c2cccc(S(C)(=O)=O)c2)sc1-c1cc(C(C)(C)O)nn1-c1cccc(F)c1CN. The van der Waals surface area contributed by atoms with Gasteiger partial charge in [0.25, 0.3) is 0 Å². The fraction of sp³-hybridized carbons (Fsp3) is 0.240. The van der Waals surface area contributed by atoms with Gasteiger partial charge in [0.15, 0.2) is 9.84 Å². The second-order valence-electron chi connectivity index (χ2n) is 8.75. The molecule has 2 aromatic carbocycles. The van der Waals surface area contributed by atoms with Crippen LogP contribution in [0, 0.1) is 12.7 Å². The van der Waals surface area contributed by atoms with E-state index in [0.717, 1.165) is 20.9 Å². The third kappa shape index (κ3) is 4.56. The molecule has 3 N–H and O–H groups in total. The van der Waals surface area contributed by atoms with Crippen molar-refractivity contribution in [1.29, 1.82) is 0 Å². The van der Waals surface area contributed by atoms with E-state index in [0.29, 0.717) is 22.6 Å². The predicted molar refractivity (Wildman–Crippen MR) is 133 cm³/mol. The molecule has 178 valence electrons. The molecule has 6 nitrogen and oxygen atoms in total. The number of nitrogens with zero attached hydrogens (tertiary/aromatic N) is 2. The van der Waals surface area contributed by atoms with Crippen molar-refractivity contribution in [3.8, 4) is 26.7 Å². The zero-order valence-electron chi connectivity index (χ0n) is 19.3.